The number of fused-ring (bicyclic) bond motifs is 1. The first-order valence-corrected chi connectivity index (χ1v) is 9.02. The molecule has 0 aromatic heterocycles. The Morgan fingerprint density at radius 2 is 2.17 bits per heavy atom. The van der Waals surface area contributed by atoms with Crippen LogP contribution in [-0.2, 0) is 20.7 Å². The van der Waals surface area contributed by atoms with Gasteiger partial charge in [-0.1, -0.05) is 24.3 Å². The van der Waals surface area contributed by atoms with E-state index in [1.807, 2.05) is 24.3 Å². The van der Waals surface area contributed by atoms with Gasteiger partial charge in [0.15, 0.2) is 0 Å². The largest absolute Gasteiger partial charge is 0.480 e. The molecule has 1 aromatic rings. The summed E-state index contributed by atoms with van der Waals surface area (Å²) >= 11 is 1.58. The number of carbonyl (C=O) groups excluding carboxylic acids is 1. The van der Waals surface area contributed by atoms with Crippen molar-refractivity contribution in [2.24, 2.45) is 5.92 Å². The molecule has 124 valence electrons. The zero-order valence-electron chi connectivity index (χ0n) is 12.9. The highest BCUT2D eigenvalue weighted by Crippen LogP contribution is 2.37. The van der Waals surface area contributed by atoms with E-state index in [1.165, 1.54) is 5.56 Å². The highest BCUT2D eigenvalue weighted by Gasteiger charge is 2.35. The van der Waals surface area contributed by atoms with Crippen LogP contribution < -0.4 is 5.32 Å². The maximum atomic E-state index is 12.7. The second-order valence-corrected chi connectivity index (χ2v) is 7.21. The minimum absolute atomic E-state index is 0.158. The fourth-order valence-corrected chi connectivity index (χ4v) is 4.45. The Kier molecular flexibility index (Phi) is 5.23. The number of ether oxygens (including phenoxy) is 1. The van der Waals surface area contributed by atoms with Gasteiger partial charge in [0.1, 0.15) is 11.3 Å². The van der Waals surface area contributed by atoms with Crippen LogP contribution in [0, 0.1) is 5.92 Å². The van der Waals surface area contributed by atoms with Crippen molar-refractivity contribution in [3.05, 3.63) is 35.4 Å². The minimum atomic E-state index is -0.983. The molecule has 0 spiro atoms. The van der Waals surface area contributed by atoms with E-state index >= 15 is 0 Å². The molecule has 2 aliphatic heterocycles. The molecule has 2 N–H and O–H groups in total. The van der Waals surface area contributed by atoms with Crippen molar-refractivity contribution in [3.63, 3.8) is 0 Å². The molecule has 2 aliphatic rings. The van der Waals surface area contributed by atoms with Gasteiger partial charge in [-0.15, -0.1) is 11.8 Å². The van der Waals surface area contributed by atoms with Crippen LogP contribution in [0.3, 0.4) is 0 Å². The Morgan fingerprint density at radius 1 is 1.35 bits per heavy atom. The SMILES string of the molecule is O=C(NC(C(=O)O)C1CCCOC1)C1SCCc2ccccc21. The van der Waals surface area contributed by atoms with Crippen LogP contribution in [0.25, 0.3) is 0 Å². The molecule has 6 heteroatoms. The lowest BCUT2D eigenvalue weighted by Crippen LogP contribution is -2.49. The summed E-state index contributed by atoms with van der Waals surface area (Å²) in [4.78, 5) is 24.3. The number of aryl methyl sites for hydroxylation is 1. The molecule has 3 atom stereocenters. The fourth-order valence-electron chi connectivity index (χ4n) is 3.25. The lowest BCUT2D eigenvalue weighted by atomic mass is 9.93. The Hall–Kier alpha value is -1.53. The molecule has 3 rings (SSSR count). The summed E-state index contributed by atoms with van der Waals surface area (Å²) in [6.07, 6.45) is 2.56. The number of benzene rings is 1. The van der Waals surface area contributed by atoms with Gasteiger partial charge in [-0.2, -0.15) is 0 Å². The van der Waals surface area contributed by atoms with E-state index < -0.39 is 12.0 Å². The first-order valence-electron chi connectivity index (χ1n) is 7.97. The van der Waals surface area contributed by atoms with E-state index in [0.717, 1.165) is 30.6 Å². The topological polar surface area (TPSA) is 75.6 Å². The quantitative estimate of drug-likeness (QED) is 0.880. The van der Waals surface area contributed by atoms with E-state index in [4.69, 9.17) is 4.74 Å². The average Bonchev–Trinajstić information content (AvgIpc) is 2.59. The first kappa shape index (κ1) is 16.3. The molecule has 2 heterocycles. The maximum Gasteiger partial charge on any atom is 0.326 e. The lowest BCUT2D eigenvalue weighted by molar-refractivity contribution is -0.145. The molecular weight excluding hydrogens is 314 g/mol. The van der Waals surface area contributed by atoms with Crippen molar-refractivity contribution in [2.75, 3.05) is 19.0 Å². The van der Waals surface area contributed by atoms with Crippen molar-refractivity contribution < 1.29 is 19.4 Å². The van der Waals surface area contributed by atoms with E-state index in [-0.39, 0.29) is 17.1 Å². The van der Waals surface area contributed by atoms with Crippen molar-refractivity contribution in [1.82, 2.24) is 5.32 Å². The van der Waals surface area contributed by atoms with Crippen LogP contribution in [0.1, 0.15) is 29.2 Å². The predicted molar refractivity (Wildman–Crippen MR) is 88.5 cm³/mol. The summed E-state index contributed by atoms with van der Waals surface area (Å²) in [5.74, 6) is -0.476. The number of hydrogen-bond acceptors (Lipinski definition) is 4. The summed E-state index contributed by atoms with van der Waals surface area (Å²) in [6, 6.07) is 7.03. The lowest BCUT2D eigenvalue weighted by Gasteiger charge is -2.30. The van der Waals surface area contributed by atoms with Crippen LogP contribution in [0.4, 0.5) is 0 Å². The Labute approximate surface area is 139 Å². The first-order chi connectivity index (χ1) is 11.2. The molecule has 0 aliphatic carbocycles. The third-order valence-corrected chi connectivity index (χ3v) is 5.70. The van der Waals surface area contributed by atoms with Gasteiger partial charge >= 0.3 is 5.97 Å². The Balaban J connectivity index is 1.73. The van der Waals surface area contributed by atoms with Crippen molar-refractivity contribution in [3.8, 4) is 0 Å². The summed E-state index contributed by atoms with van der Waals surface area (Å²) < 4.78 is 5.38. The van der Waals surface area contributed by atoms with E-state index in [1.54, 1.807) is 11.8 Å². The molecule has 1 aromatic carbocycles. The highest BCUT2D eigenvalue weighted by molar-refractivity contribution is 8.00. The van der Waals surface area contributed by atoms with Gasteiger partial charge in [-0.3, -0.25) is 4.79 Å². The molecule has 5 nitrogen and oxygen atoms in total. The molecule has 1 saturated heterocycles. The molecule has 0 radical (unpaired) electrons. The number of carboxylic acid groups (broad SMARTS) is 1. The van der Waals surface area contributed by atoms with Gasteiger partial charge in [0, 0.05) is 12.5 Å². The second-order valence-electron chi connectivity index (χ2n) is 6.00. The van der Waals surface area contributed by atoms with E-state index in [0.29, 0.717) is 13.2 Å². The van der Waals surface area contributed by atoms with Gasteiger partial charge in [0.2, 0.25) is 5.91 Å². The molecule has 23 heavy (non-hydrogen) atoms. The number of carboxylic acids is 1. The number of amides is 1. The van der Waals surface area contributed by atoms with Gasteiger partial charge in [0.05, 0.1) is 6.61 Å². The molecule has 1 fully saturated rings. The van der Waals surface area contributed by atoms with E-state index in [2.05, 4.69) is 5.32 Å². The van der Waals surface area contributed by atoms with Gasteiger partial charge in [-0.25, -0.2) is 4.79 Å². The smallest absolute Gasteiger partial charge is 0.326 e. The van der Waals surface area contributed by atoms with Crippen molar-refractivity contribution >= 4 is 23.6 Å². The molecule has 0 bridgehead atoms. The summed E-state index contributed by atoms with van der Waals surface area (Å²) in [5.41, 5.74) is 2.18. The maximum absolute atomic E-state index is 12.7. The zero-order chi connectivity index (χ0) is 16.2. The van der Waals surface area contributed by atoms with Crippen molar-refractivity contribution in [1.29, 1.82) is 0 Å². The van der Waals surface area contributed by atoms with Gasteiger partial charge in [-0.05, 0) is 36.1 Å². The van der Waals surface area contributed by atoms with Crippen LogP contribution >= 0.6 is 11.8 Å². The second kappa shape index (κ2) is 7.36. The van der Waals surface area contributed by atoms with Crippen molar-refractivity contribution in [2.45, 2.75) is 30.6 Å². The number of hydrogen-bond donors (Lipinski definition) is 2. The van der Waals surface area contributed by atoms with Gasteiger partial charge in [0.25, 0.3) is 0 Å². The number of rotatable bonds is 4. The molecule has 3 unspecified atom stereocenters. The number of nitrogens with one attached hydrogen (secondary N) is 1. The zero-order valence-corrected chi connectivity index (χ0v) is 13.7. The standard InChI is InChI=1S/C17H21NO4S/c19-16(15-13-6-2-1-4-11(13)7-9-23-15)18-14(17(20)21)12-5-3-8-22-10-12/h1-2,4,6,12,14-15H,3,5,7-10H2,(H,18,19)(H,20,21). The summed E-state index contributed by atoms with van der Waals surface area (Å²) in [7, 11) is 0. The van der Waals surface area contributed by atoms with E-state index in [9.17, 15) is 14.7 Å². The summed E-state index contributed by atoms with van der Waals surface area (Å²) in [5, 5.41) is 11.9. The summed E-state index contributed by atoms with van der Waals surface area (Å²) in [6.45, 7) is 1.06. The normalized spacial score (nSPS) is 25.2. The minimum Gasteiger partial charge on any atom is -0.480 e. The fraction of sp³-hybridized carbons (Fsp3) is 0.529. The predicted octanol–water partition coefficient (Wildman–Crippen LogP) is 2.01. The van der Waals surface area contributed by atoms with Crippen LogP contribution in [0.15, 0.2) is 24.3 Å². The van der Waals surface area contributed by atoms with Crippen LogP contribution in [-0.4, -0.2) is 42.0 Å². The van der Waals surface area contributed by atoms with Crippen LogP contribution in [0.2, 0.25) is 0 Å². The van der Waals surface area contributed by atoms with Crippen LogP contribution in [0.5, 0.6) is 0 Å². The highest BCUT2D eigenvalue weighted by atomic mass is 32.2. The molecular formula is C17H21NO4S. The Bertz CT molecular complexity index is 586. The third kappa shape index (κ3) is 3.70. The third-order valence-electron chi connectivity index (χ3n) is 4.46. The number of aliphatic carboxylic acids is 1. The molecule has 0 saturated carbocycles. The Morgan fingerprint density at radius 3 is 2.91 bits per heavy atom. The molecule has 1 amide bonds. The number of carbonyl (C=O) groups is 2. The van der Waals surface area contributed by atoms with Gasteiger partial charge < -0.3 is 15.2 Å². The average molecular weight is 335 g/mol. The number of thioether (sulfide) groups is 1. The monoisotopic (exact) mass is 335 g/mol.